The van der Waals surface area contributed by atoms with Crippen molar-refractivity contribution in [2.45, 2.75) is 187 Å². The second kappa shape index (κ2) is 35.0. The van der Waals surface area contributed by atoms with Gasteiger partial charge >= 0.3 is 25.7 Å². The minimum Gasteiger partial charge on any atom is -0.480 e. The SMILES string of the molecule is CCCCC/C=C\CCCCCCCC(=O)OC[C@H](COP(=O)(O)OC[C@H](N)C(=O)O)OC(=O)CCCCCCC/C=C\CCCCCCCC. The molecule has 0 amide bonds. The van der Waals surface area contributed by atoms with Gasteiger partial charge in [0.1, 0.15) is 12.6 Å². The molecule has 3 atom stereocenters. The summed E-state index contributed by atoms with van der Waals surface area (Å²) in [7, 11) is -4.71. The first-order chi connectivity index (χ1) is 24.6. The summed E-state index contributed by atoms with van der Waals surface area (Å²) >= 11 is 0. The van der Waals surface area contributed by atoms with Gasteiger partial charge in [0.15, 0.2) is 6.10 Å². The van der Waals surface area contributed by atoms with Crippen molar-refractivity contribution in [1.82, 2.24) is 0 Å². The van der Waals surface area contributed by atoms with Gasteiger partial charge in [0.05, 0.1) is 13.2 Å². The zero-order valence-electron chi connectivity index (χ0n) is 31.9. The highest BCUT2D eigenvalue weighted by Crippen LogP contribution is 2.43. The number of esters is 2. The van der Waals surface area contributed by atoms with Crippen LogP contribution in [0.5, 0.6) is 0 Å². The molecule has 0 aliphatic carbocycles. The fraction of sp³-hybridized carbons (Fsp3) is 0.821. The molecule has 298 valence electrons. The van der Waals surface area contributed by atoms with E-state index in [4.69, 9.17) is 24.8 Å². The number of hydrogen-bond acceptors (Lipinski definition) is 9. The van der Waals surface area contributed by atoms with Crippen LogP contribution in [0.1, 0.15) is 174 Å². The molecule has 0 aromatic rings. The Balaban J connectivity index is 4.44. The number of phosphoric ester groups is 1. The summed E-state index contributed by atoms with van der Waals surface area (Å²) < 4.78 is 32.6. The monoisotopic (exact) mass is 745 g/mol. The van der Waals surface area contributed by atoms with Gasteiger partial charge in [0, 0.05) is 12.8 Å². The predicted octanol–water partition coefficient (Wildman–Crippen LogP) is 9.89. The van der Waals surface area contributed by atoms with E-state index in [9.17, 15) is 23.8 Å². The maximum Gasteiger partial charge on any atom is 0.472 e. The minimum absolute atomic E-state index is 0.151. The Kier molecular flexibility index (Phi) is 33.6. The van der Waals surface area contributed by atoms with Gasteiger partial charge in [0.25, 0.3) is 0 Å². The fourth-order valence-electron chi connectivity index (χ4n) is 5.23. The van der Waals surface area contributed by atoms with E-state index in [1.165, 1.54) is 57.8 Å². The van der Waals surface area contributed by atoms with Crippen LogP contribution in [0.3, 0.4) is 0 Å². The highest BCUT2D eigenvalue weighted by atomic mass is 31.2. The number of allylic oxidation sites excluding steroid dienone is 4. The van der Waals surface area contributed by atoms with E-state index in [0.29, 0.717) is 12.8 Å². The van der Waals surface area contributed by atoms with Gasteiger partial charge in [-0.2, -0.15) is 0 Å². The van der Waals surface area contributed by atoms with Crippen molar-refractivity contribution >= 4 is 25.7 Å². The molecule has 0 aliphatic heterocycles. The van der Waals surface area contributed by atoms with E-state index in [1.54, 1.807) is 0 Å². The average molecular weight is 746 g/mol. The number of rotatable bonds is 37. The second-order valence-electron chi connectivity index (χ2n) is 13.4. The molecule has 4 N–H and O–H groups in total. The van der Waals surface area contributed by atoms with Crippen LogP contribution in [0.25, 0.3) is 0 Å². The lowest BCUT2D eigenvalue weighted by Crippen LogP contribution is -2.34. The Morgan fingerprint density at radius 1 is 0.588 bits per heavy atom. The average Bonchev–Trinajstić information content (AvgIpc) is 3.10. The lowest BCUT2D eigenvalue weighted by atomic mass is 10.1. The normalized spacial score (nSPS) is 14.1. The van der Waals surface area contributed by atoms with E-state index in [0.717, 1.165) is 77.0 Å². The first kappa shape index (κ1) is 49.0. The zero-order valence-corrected chi connectivity index (χ0v) is 32.8. The molecule has 0 radical (unpaired) electrons. The summed E-state index contributed by atoms with van der Waals surface area (Å²) in [5.41, 5.74) is 5.32. The van der Waals surface area contributed by atoms with Crippen molar-refractivity contribution < 1.29 is 47.5 Å². The molecule has 0 aromatic carbocycles. The van der Waals surface area contributed by atoms with E-state index in [-0.39, 0.29) is 19.4 Å². The molecular formula is C39H72NO10P. The number of nitrogens with two attached hydrogens (primary N) is 1. The number of aliphatic carboxylic acids is 1. The highest BCUT2D eigenvalue weighted by Gasteiger charge is 2.28. The fourth-order valence-corrected chi connectivity index (χ4v) is 6.01. The van der Waals surface area contributed by atoms with Gasteiger partial charge in [-0.3, -0.25) is 23.4 Å². The maximum atomic E-state index is 12.6. The Hall–Kier alpha value is -2.04. The molecule has 1 unspecified atom stereocenters. The maximum absolute atomic E-state index is 12.6. The third-order valence-electron chi connectivity index (χ3n) is 8.42. The molecule has 0 spiro atoms. The minimum atomic E-state index is -4.71. The number of ether oxygens (including phenoxy) is 2. The number of hydrogen-bond donors (Lipinski definition) is 3. The van der Waals surface area contributed by atoms with E-state index in [2.05, 4.69) is 42.7 Å². The number of carbonyl (C=O) groups is 3. The number of carboxylic acids is 1. The quantitative estimate of drug-likeness (QED) is 0.0239. The Morgan fingerprint density at radius 3 is 1.47 bits per heavy atom. The first-order valence-corrected chi connectivity index (χ1v) is 21.4. The van der Waals surface area contributed by atoms with Crippen LogP contribution in [-0.4, -0.2) is 59.9 Å². The second-order valence-corrected chi connectivity index (χ2v) is 14.9. The van der Waals surface area contributed by atoms with Gasteiger partial charge in [-0.15, -0.1) is 0 Å². The Morgan fingerprint density at radius 2 is 0.980 bits per heavy atom. The number of phosphoric acid groups is 1. The van der Waals surface area contributed by atoms with E-state index in [1.807, 2.05) is 0 Å². The van der Waals surface area contributed by atoms with Crippen LogP contribution in [0.2, 0.25) is 0 Å². The van der Waals surface area contributed by atoms with Crippen LogP contribution in [-0.2, 0) is 37.5 Å². The standard InChI is InChI=1S/C39H72NO10P/c1-3-5-7-9-11-13-15-17-18-19-21-23-25-27-29-31-38(42)50-35(33-48-51(45,46)49-34-36(40)39(43)44)32-47-37(41)30-28-26-24-22-20-16-14-12-10-8-6-4-2/h12,14,17-18,35-36H,3-11,13,15-16,19-34,40H2,1-2H3,(H,43,44)(H,45,46)/b14-12-,18-17-/t35-,36+/m1/s1. The molecule has 0 fully saturated rings. The molecule has 0 saturated heterocycles. The lowest BCUT2D eigenvalue weighted by Gasteiger charge is -2.20. The van der Waals surface area contributed by atoms with Gasteiger partial charge in [-0.25, -0.2) is 4.57 Å². The number of carbonyl (C=O) groups excluding carboxylic acids is 2. The first-order valence-electron chi connectivity index (χ1n) is 19.9. The third-order valence-corrected chi connectivity index (χ3v) is 9.37. The molecule has 0 heterocycles. The van der Waals surface area contributed by atoms with Crippen LogP contribution in [0.4, 0.5) is 0 Å². The summed E-state index contributed by atoms with van der Waals surface area (Å²) in [5, 5.41) is 8.86. The van der Waals surface area contributed by atoms with Crippen LogP contribution >= 0.6 is 7.82 Å². The summed E-state index contributed by atoms with van der Waals surface area (Å²) in [6.45, 7) is 2.74. The van der Waals surface area contributed by atoms with E-state index >= 15 is 0 Å². The topological polar surface area (TPSA) is 172 Å². The highest BCUT2D eigenvalue weighted by molar-refractivity contribution is 7.47. The van der Waals surface area contributed by atoms with Crippen molar-refractivity contribution in [3.63, 3.8) is 0 Å². The summed E-state index contributed by atoms with van der Waals surface area (Å²) in [6.07, 6.45) is 33.9. The lowest BCUT2D eigenvalue weighted by molar-refractivity contribution is -0.161. The van der Waals surface area contributed by atoms with Gasteiger partial charge < -0.3 is 25.2 Å². The van der Waals surface area contributed by atoms with Gasteiger partial charge in [0.2, 0.25) is 0 Å². The van der Waals surface area contributed by atoms with Gasteiger partial charge in [-0.05, 0) is 64.2 Å². The van der Waals surface area contributed by atoms with E-state index < -0.39 is 51.1 Å². The summed E-state index contributed by atoms with van der Waals surface area (Å²) in [5.74, 6) is -2.40. The predicted molar refractivity (Wildman–Crippen MR) is 203 cm³/mol. The molecule has 0 saturated carbocycles. The van der Waals surface area contributed by atoms with Crippen LogP contribution < -0.4 is 5.73 Å². The Bertz CT molecular complexity index is 974. The van der Waals surface area contributed by atoms with Crippen molar-refractivity contribution in [2.75, 3.05) is 19.8 Å². The van der Waals surface area contributed by atoms with Crippen molar-refractivity contribution in [2.24, 2.45) is 5.73 Å². The molecular weight excluding hydrogens is 673 g/mol. The van der Waals surface area contributed by atoms with Crippen molar-refractivity contribution in [1.29, 1.82) is 0 Å². The van der Waals surface area contributed by atoms with Gasteiger partial charge in [-0.1, -0.05) is 122 Å². The largest absolute Gasteiger partial charge is 0.480 e. The van der Waals surface area contributed by atoms with Crippen LogP contribution in [0, 0.1) is 0 Å². The summed E-state index contributed by atoms with van der Waals surface area (Å²) in [4.78, 5) is 45.8. The number of carboxylic acid groups (broad SMARTS) is 1. The number of unbranched alkanes of at least 4 members (excludes halogenated alkanes) is 19. The molecule has 12 heteroatoms. The van der Waals surface area contributed by atoms with Crippen molar-refractivity contribution in [3.8, 4) is 0 Å². The molecule has 0 bridgehead atoms. The molecule has 0 aromatic heterocycles. The summed E-state index contributed by atoms with van der Waals surface area (Å²) in [6, 6.07) is -1.52. The third kappa shape index (κ3) is 34.8. The molecule has 51 heavy (non-hydrogen) atoms. The molecule has 11 nitrogen and oxygen atoms in total. The van der Waals surface area contributed by atoms with Crippen LogP contribution in [0.15, 0.2) is 24.3 Å². The van der Waals surface area contributed by atoms with Crippen molar-refractivity contribution in [3.05, 3.63) is 24.3 Å². The molecule has 0 aliphatic rings. The molecule has 0 rings (SSSR count). The Labute approximate surface area is 309 Å². The smallest absolute Gasteiger partial charge is 0.472 e. The zero-order chi connectivity index (χ0) is 37.8.